The van der Waals surface area contributed by atoms with Crippen molar-refractivity contribution in [3.63, 3.8) is 0 Å². The normalized spacial score (nSPS) is 13.7. The molecule has 0 amide bonds. The van der Waals surface area contributed by atoms with Crippen molar-refractivity contribution < 1.29 is 13.2 Å². The average molecular weight is 300 g/mol. The first-order valence-corrected chi connectivity index (χ1v) is 8.33. The monoisotopic (exact) mass is 300 g/mol. The lowest BCUT2D eigenvalue weighted by atomic mass is 10.1. The highest BCUT2D eigenvalue weighted by Gasteiger charge is 2.09. The van der Waals surface area contributed by atoms with Crippen LogP contribution in [0.5, 0.6) is 0 Å². The highest BCUT2D eigenvalue weighted by atomic mass is 32.2. The predicted octanol–water partition coefficient (Wildman–Crippen LogP) is 1.80. The summed E-state index contributed by atoms with van der Waals surface area (Å²) in [5.41, 5.74) is 1.03. The van der Waals surface area contributed by atoms with Crippen LogP contribution in [0.2, 0.25) is 0 Å². The van der Waals surface area contributed by atoms with Gasteiger partial charge in [-0.2, -0.15) is 0 Å². The summed E-state index contributed by atoms with van der Waals surface area (Å²) in [6.45, 7) is 7.66. The van der Waals surface area contributed by atoms with Gasteiger partial charge in [-0.25, -0.2) is 13.6 Å². The van der Waals surface area contributed by atoms with E-state index in [0.29, 0.717) is 0 Å². The summed E-state index contributed by atoms with van der Waals surface area (Å²) in [5.74, 6) is 0. The van der Waals surface area contributed by atoms with Gasteiger partial charge in [0.05, 0.1) is 11.0 Å². The molecule has 0 spiro atoms. The molecule has 0 saturated heterocycles. The molecule has 1 aromatic rings. The van der Waals surface area contributed by atoms with Crippen LogP contribution in [-0.4, -0.2) is 27.7 Å². The van der Waals surface area contributed by atoms with E-state index < -0.39 is 10.0 Å². The van der Waals surface area contributed by atoms with Crippen molar-refractivity contribution in [3.05, 3.63) is 29.8 Å². The van der Waals surface area contributed by atoms with E-state index >= 15 is 0 Å². The number of nitrogens with one attached hydrogen (secondary N) is 1. The van der Waals surface area contributed by atoms with Gasteiger partial charge in [-0.15, -0.1) is 0 Å². The fraction of sp³-hybridized carbons (Fsp3) is 0.571. The Balaban J connectivity index is 2.42. The number of benzene rings is 1. The van der Waals surface area contributed by atoms with Crippen molar-refractivity contribution >= 4 is 10.0 Å². The van der Waals surface area contributed by atoms with Crippen molar-refractivity contribution in [2.45, 2.75) is 44.2 Å². The van der Waals surface area contributed by atoms with E-state index in [-0.39, 0.29) is 17.0 Å². The Hall–Kier alpha value is -0.950. The SMILES string of the molecule is CC(C)OCCCNC(C)c1ccc(S(N)(=O)=O)cc1. The fourth-order valence-electron chi connectivity index (χ4n) is 1.77. The lowest BCUT2D eigenvalue weighted by Gasteiger charge is -2.15. The Morgan fingerprint density at radius 3 is 2.30 bits per heavy atom. The Kier molecular flexibility index (Phi) is 6.61. The first-order chi connectivity index (χ1) is 9.30. The maximum absolute atomic E-state index is 11.2. The zero-order valence-electron chi connectivity index (χ0n) is 12.3. The van der Waals surface area contributed by atoms with Gasteiger partial charge in [-0.1, -0.05) is 12.1 Å². The highest BCUT2D eigenvalue weighted by Crippen LogP contribution is 2.15. The molecule has 1 unspecified atom stereocenters. The molecule has 0 aliphatic carbocycles. The standard InChI is InChI=1S/C14H24N2O3S/c1-11(2)19-10-4-9-16-12(3)13-5-7-14(8-6-13)20(15,17)18/h5-8,11-12,16H,4,9-10H2,1-3H3,(H2,15,17,18). The van der Waals surface area contributed by atoms with Crippen LogP contribution in [0.4, 0.5) is 0 Å². The van der Waals surface area contributed by atoms with Gasteiger partial charge in [0.2, 0.25) is 10.0 Å². The molecular weight excluding hydrogens is 276 g/mol. The Morgan fingerprint density at radius 2 is 1.80 bits per heavy atom. The number of hydrogen-bond donors (Lipinski definition) is 2. The van der Waals surface area contributed by atoms with Gasteiger partial charge in [0, 0.05) is 12.6 Å². The van der Waals surface area contributed by atoms with Gasteiger partial charge in [-0.3, -0.25) is 0 Å². The van der Waals surface area contributed by atoms with Crippen molar-refractivity contribution in [1.82, 2.24) is 5.32 Å². The first kappa shape index (κ1) is 17.1. The van der Waals surface area contributed by atoms with E-state index in [1.165, 1.54) is 12.1 Å². The van der Waals surface area contributed by atoms with Gasteiger partial charge in [-0.05, 0) is 51.4 Å². The summed E-state index contributed by atoms with van der Waals surface area (Å²) in [5, 5.41) is 8.43. The van der Waals surface area contributed by atoms with Gasteiger partial charge in [0.25, 0.3) is 0 Å². The molecule has 6 heteroatoms. The molecular formula is C14H24N2O3S. The molecule has 0 aliphatic rings. The van der Waals surface area contributed by atoms with Crippen molar-refractivity contribution in [2.75, 3.05) is 13.2 Å². The van der Waals surface area contributed by atoms with Crippen LogP contribution in [0.15, 0.2) is 29.2 Å². The molecule has 1 aromatic carbocycles. The van der Waals surface area contributed by atoms with Crippen LogP contribution in [0.25, 0.3) is 0 Å². The predicted molar refractivity (Wildman–Crippen MR) is 79.9 cm³/mol. The Morgan fingerprint density at radius 1 is 1.20 bits per heavy atom. The minimum Gasteiger partial charge on any atom is -0.379 e. The molecule has 0 bridgehead atoms. The van der Waals surface area contributed by atoms with Gasteiger partial charge >= 0.3 is 0 Å². The fourth-order valence-corrected chi connectivity index (χ4v) is 2.29. The minimum atomic E-state index is -3.61. The van der Waals surface area contributed by atoms with E-state index in [4.69, 9.17) is 9.88 Å². The first-order valence-electron chi connectivity index (χ1n) is 6.78. The number of ether oxygens (including phenoxy) is 1. The van der Waals surface area contributed by atoms with E-state index in [2.05, 4.69) is 5.32 Å². The van der Waals surface area contributed by atoms with E-state index in [9.17, 15) is 8.42 Å². The van der Waals surface area contributed by atoms with Gasteiger partial charge in [0.15, 0.2) is 0 Å². The van der Waals surface area contributed by atoms with Crippen LogP contribution in [0, 0.1) is 0 Å². The Bertz CT molecular complexity index is 498. The van der Waals surface area contributed by atoms with Gasteiger partial charge in [0.1, 0.15) is 0 Å². The molecule has 114 valence electrons. The second-order valence-electron chi connectivity index (χ2n) is 5.06. The molecule has 1 rings (SSSR count). The zero-order valence-corrected chi connectivity index (χ0v) is 13.1. The number of hydrogen-bond acceptors (Lipinski definition) is 4. The molecule has 0 fully saturated rings. The Labute approximate surface area is 121 Å². The summed E-state index contributed by atoms with van der Waals surface area (Å²) in [7, 11) is -3.61. The summed E-state index contributed by atoms with van der Waals surface area (Å²) in [4.78, 5) is 0.138. The second kappa shape index (κ2) is 7.73. The molecule has 0 heterocycles. The van der Waals surface area contributed by atoms with Crippen LogP contribution in [0.1, 0.15) is 38.8 Å². The van der Waals surface area contributed by atoms with E-state index in [1.54, 1.807) is 12.1 Å². The molecule has 0 saturated carbocycles. The van der Waals surface area contributed by atoms with Crippen molar-refractivity contribution in [3.8, 4) is 0 Å². The quantitative estimate of drug-likeness (QED) is 0.717. The third kappa shape index (κ3) is 6.00. The lowest BCUT2D eigenvalue weighted by molar-refractivity contribution is 0.0768. The number of sulfonamides is 1. The smallest absolute Gasteiger partial charge is 0.238 e. The zero-order chi connectivity index (χ0) is 15.2. The van der Waals surface area contributed by atoms with E-state index in [1.807, 2.05) is 20.8 Å². The minimum absolute atomic E-state index is 0.138. The largest absolute Gasteiger partial charge is 0.379 e. The molecule has 0 aromatic heterocycles. The summed E-state index contributed by atoms with van der Waals surface area (Å²) in [6.07, 6.45) is 1.20. The molecule has 5 nitrogen and oxygen atoms in total. The summed E-state index contributed by atoms with van der Waals surface area (Å²) < 4.78 is 27.8. The van der Waals surface area contributed by atoms with E-state index in [0.717, 1.165) is 25.1 Å². The average Bonchev–Trinajstić information content (AvgIpc) is 2.37. The topological polar surface area (TPSA) is 81.4 Å². The van der Waals surface area contributed by atoms with Crippen LogP contribution >= 0.6 is 0 Å². The second-order valence-corrected chi connectivity index (χ2v) is 6.62. The van der Waals surface area contributed by atoms with Crippen LogP contribution < -0.4 is 10.5 Å². The maximum Gasteiger partial charge on any atom is 0.238 e. The summed E-state index contributed by atoms with van der Waals surface area (Å²) >= 11 is 0. The highest BCUT2D eigenvalue weighted by molar-refractivity contribution is 7.89. The third-order valence-electron chi connectivity index (χ3n) is 2.93. The van der Waals surface area contributed by atoms with Crippen LogP contribution in [0.3, 0.4) is 0 Å². The molecule has 3 N–H and O–H groups in total. The maximum atomic E-state index is 11.2. The van der Waals surface area contributed by atoms with Crippen molar-refractivity contribution in [1.29, 1.82) is 0 Å². The number of rotatable bonds is 8. The third-order valence-corrected chi connectivity index (χ3v) is 3.86. The molecule has 0 radical (unpaired) electrons. The molecule has 1 atom stereocenters. The number of nitrogens with two attached hydrogens (primary N) is 1. The number of primary sulfonamides is 1. The molecule has 20 heavy (non-hydrogen) atoms. The van der Waals surface area contributed by atoms with Gasteiger partial charge < -0.3 is 10.1 Å². The van der Waals surface area contributed by atoms with Crippen LogP contribution in [-0.2, 0) is 14.8 Å². The van der Waals surface area contributed by atoms with Crippen molar-refractivity contribution in [2.24, 2.45) is 5.14 Å². The lowest BCUT2D eigenvalue weighted by Crippen LogP contribution is -2.21. The molecule has 0 aliphatic heterocycles. The summed E-state index contributed by atoms with van der Waals surface area (Å²) in [6, 6.07) is 6.78.